The third kappa shape index (κ3) is 2.59. The molecule has 1 heterocycles. The van der Waals surface area contributed by atoms with Crippen LogP contribution < -0.4 is 0 Å². The molecule has 0 bridgehead atoms. The average Bonchev–Trinajstić information content (AvgIpc) is 2.84. The molecular formula is C17H18O2S. The summed E-state index contributed by atoms with van der Waals surface area (Å²) in [4.78, 5) is 0. The Kier molecular flexibility index (Phi) is 3.78. The third-order valence-electron chi connectivity index (χ3n) is 3.85. The number of benzene rings is 1. The van der Waals surface area contributed by atoms with Crippen molar-refractivity contribution in [2.45, 2.75) is 42.8 Å². The van der Waals surface area contributed by atoms with Crippen molar-refractivity contribution in [3.05, 3.63) is 29.8 Å². The Labute approximate surface area is 123 Å². The molecule has 0 unspecified atom stereocenters. The fraction of sp³-hybridized carbons (Fsp3) is 0.412. The van der Waals surface area contributed by atoms with E-state index in [0.29, 0.717) is 0 Å². The Hall–Kier alpha value is -1.37. The molecule has 1 aromatic heterocycles. The fourth-order valence-electron chi connectivity index (χ4n) is 2.73. The molecule has 0 aliphatic heterocycles. The van der Waals surface area contributed by atoms with Crippen LogP contribution in [0.15, 0.2) is 33.8 Å². The maximum absolute atomic E-state index is 10.5. The molecule has 1 aromatic carbocycles. The van der Waals surface area contributed by atoms with Gasteiger partial charge in [0.25, 0.3) is 0 Å². The molecule has 104 valence electrons. The molecule has 20 heavy (non-hydrogen) atoms. The molecule has 3 heteroatoms. The number of rotatable bonds is 1. The molecule has 2 aromatic rings. The van der Waals surface area contributed by atoms with Crippen LogP contribution in [-0.2, 0) is 0 Å². The number of para-hydroxylation sites is 1. The van der Waals surface area contributed by atoms with Crippen LogP contribution in [-0.4, -0.2) is 17.0 Å². The van der Waals surface area contributed by atoms with Crippen LogP contribution in [0.2, 0.25) is 0 Å². The highest BCUT2D eigenvalue weighted by Gasteiger charge is 2.26. The Morgan fingerprint density at radius 1 is 1.20 bits per heavy atom. The van der Waals surface area contributed by atoms with Gasteiger partial charge in [-0.3, -0.25) is 0 Å². The molecule has 0 atom stereocenters. The van der Waals surface area contributed by atoms with E-state index in [1.165, 1.54) is 6.42 Å². The molecule has 0 saturated heterocycles. The Bertz CT molecular complexity index is 669. The van der Waals surface area contributed by atoms with Gasteiger partial charge in [-0.2, -0.15) is 0 Å². The topological polar surface area (TPSA) is 33.4 Å². The van der Waals surface area contributed by atoms with Crippen molar-refractivity contribution in [3.63, 3.8) is 0 Å². The minimum atomic E-state index is -0.813. The van der Waals surface area contributed by atoms with E-state index in [4.69, 9.17) is 4.42 Å². The minimum Gasteiger partial charge on any atom is -0.449 e. The quantitative estimate of drug-likeness (QED) is 0.630. The predicted molar refractivity (Wildman–Crippen MR) is 82.9 cm³/mol. The number of hydrogen-bond donors (Lipinski definition) is 1. The van der Waals surface area contributed by atoms with Crippen molar-refractivity contribution in [2.75, 3.05) is 6.26 Å². The van der Waals surface area contributed by atoms with Gasteiger partial charge in [0.2, 0.25) is 0 Å². The lowest BCUT2D eigenvalue weighted by Gasteiger charge is -2.26. The number of furan rings is 1. The molecule has 1 N–H and O–H groups in total. The zero-order valence-corrected chi connectivity index (χ0v) is 12.4. The lowest BCUT2D eigenvalue weighted by molar-refractivity contribution is 0.0610. The number of aliphatic hydroxyl groups is 1. The molecule has 1 fully saturated rings. The van der Waals surface area contributed by atoms with Gasteiger partial charge in [-0.05, 0) is 44.1 Å². The molecule has 1 aliphatic rings. The van der Waals surface area contributed by atoms with Gasteiger partial charge in [0.05, 0.1) is 5.56 Å². The monoisotopic (exact) mass is 286 g/mol. The molecule has 3 rings (SSSR count). The van der Waals surface area contributed by atoms with Gasteiger partial charge < -0.3 is 9.52 Å². The predicted octanol–water partition coefficient (Wildman–Crippen LogP) is 4.20. The second kappa shape index (κ2) is 5.55. The van der Waals surface area contributed by atoms with Crippen LogP contribution in [0.3, 0.4) is 0 Å². The highest BCUT2D eigenvalue weighted by atomic mass is 32.2. The maximum Gasteiger partial charge on any atom is 0.176 e. The SMILES string of the molecule is CSc1oc2ccccc2c1C#CC1(O)CCCCC1. The van der Waals surface area contributed by atoms with Gasteiger partial charge in [0, 0.05) is 5.39 Å². The first kappa shape index (κ1) is 13.6. The zero-order valence-electron chi connectivity index (χ0n) is 11.6. The summed E-state index contributed by atoms with van der Waals surface area (Å²) in [6.07, 6.45) is 6.88. The Morgan fingerprint density at radius 2 is 1.95 bits per heavy atom. The smallest absolute Gasteiger partial charge is 0.176 e. The molecule has 0 radical (unpaired) electrons. The maximum atomic E-state index is 10.5. The average molecular weight is 286 g/mol. The van der Waals surface area contributed by atoms with Crippen LogP contribution in [0, 0.1) is 11.8 Å². The summed E-state index contributed by atoms with van der Waals surface area (Å²) in [5.41, 5.74) is 0.954. The van der Waals surface area contributed by atoms with Crippen molar-refractivity contribution in [1.29, 1.82) is 0 Å². The van der Waals surface area contributed by atoms with Gasteiger partial charge in [0.1, 0.15) is 11.2 Å². The summed E-state index contributed by atoms with van der Waals surface area (Å²) in [6, 6.07) is 7.92. The van der Waals surface area contributed by atoms with E-state index in [1.54, 1.807) is 11.8 Å². The normalized spacial score (nSPS) is 17.7. The first-order valence-electron chi connectivity index (χ1n) is 7.03. The van der Waals surface area contributed by atoms with E-state index in [2.05, 4.69) is 11.8 Å². The standard InChI is InChI=1S/C17H18O2S/c1-20-16-14(13-7-3-4-8-15(13)19-16)9-12-17(18)10-5-2-6-11-17/h3-4,7-8,18H,2,5-6,10-11H2,1H3. The van der Waals surface area contributed by atoms with Crippen molar-refractivity contribution >= 4 is 22.7 Å². The third-order valence-corrected chi connectivity index (χ3v) is 4.51. The van der Waals surface area contributed by atoms with Crippen molar-refractivity contribution in [3.8, 4) is 11.8 Å². The molecule has 0 amide bonds. The zero-order chi connectivity index (χ0) is 14.0. The largest absolute Gasteiger partial charge is 0.449 e. The number of hydrogen-bond acceptors (Lipinski definition) is 3. The molecular weight excluding hydrogens is 268 g/mol. The van der Waals surface area contributed by atoms with E-state index in [1.807, 2.05) is 30.5 Å². The Balaban J connectivity index is 2.02. The summed E-state index contributed by atoms with van der Waals surface area (Å²) in [7, 11) is 0. The first-order valence-corrected chi connectivity index (χ1v) is 8.25. The highest BCUT2D eigenvalue weighted by Crippen LogP contribution is 2.32. The molecule has 1 saturated carbocycles. The lowest BCUT2D eigenvalue weighted by Crippen LogP contribution is -2.29. The lowest BCUT2D eigenvalue weighted by atomic mass is 9.85. The summed E-state index contributed by atoms with van der Waals surface area (Å²) in [5.74, 6) is 6.28. The summed E-state index contributed by atoms with van der Waals surface area (Å²) < 4.78 is 5.80. The van der Waals surface area contributed by atoms with E-state index in [-0.39, 0.29) is 0 Å². The van der Waals surface area contributed by atoms with E-state index in [9.17, 15) is 5.11 Å². The van der Waals surface area contributed by atoms with Gasteiger partial charge >= 0.3 is 0 Å². The van der Waals surface area contributed by atoms with Gasteiger partial charge in [-0.15, -0.1) is 0 Å². The Morgan fingerprint density at radius 3 is 2.70 bits per heavy atom. The van der Waals surface area contributed by atoms with Crippen LogP contribution in [0.25, 0.3) is 11.0 Å². The minimum absolute atomic E-state index is 0.782. The van der Waals surface area contributed by atoms with Crippen molar-refractivity contribution in [2.24, 2.45) is 0 Å². The fourth-order valence-corrected chi connectivity index (χ4v) is 3.26. The van der Waals surface area contributed by atoms with Crippen LogP contribution in [0.1, 0.15) is 37.7 Å². The number of fused-ring (bicyclic) bond motifs is 1. The van der Waals surface area contributed by atoms with E-state index >= 15 is 0 Å². The molecule has 0 spiro atoms. The second-order valence-corrected chi connectivity index (χ2v) is 6.09. The van der Waals surface area contributed by atoms with E-state index in [0.717, 1.165) is 47.3 Å². The highest BCUT2D eigenvalue weighted by molar-refractivity contribution is 7.98. The van der Waals surface area contributed by atoms with Crippen molar-refractivity contribution < 1.29 is 9.52 Å². The van der Waals surface area contributed by atoms with Gasteiger partial charge in [0.15, 0.2) is 5.09 Å². The van der Waals surface area contributed by atoms with Crippen LogP contribution in [0.4, 0.5) is 0 Å². The van der Waals surface area contributed by atoms with Crippen LogP contribution in [0.5, 0.6) is 0 Å². The summed E-state index contributed by atoms with van der Waals surface area (Å²) in [6.45, 7) is 0. The summed E-state index contributed by atoms with van der Waals surface area (Å²) in [5, 5.41) is 12.4. The number of thioether (sulfide) groups is 1. The van der Waals surface area contributed by atoms with Gasteiger partial charge in [-0.25, -0.2) is 0 Å². The van der Waals surface area contributed by atoms with E-state index < -0.39 is 5.60 Å². The van der Waals surface area contributed by atoms with Gasteiger partial charge in [-0.1, -0.05) is 42.2 Å². The summed E-state index contributed by atoms with van der Waals surface area (Å²) >= 11 is 1.56. The second-order valence-electron chi connectivity index (χ2n) is 5.31. The van der Waals surface area contributed by atoms with Crippen molar-refractivity contribution in [1.82, 2.24) is 0 Å². The first-order chi connectivity index (χ1) is 9.72. The molecule has 2 nitrogen and oxygen atoms in total. The van der Waals surface area contributed by atoms with Crippen LogP contribution >= 0.6 is 11.8 Å². The molecule has 1 aliphatic carbocycles.